The number of hydrogen-bond donors (Lipinski definition) is 3. The van der Waals surface area contributed by atoms with Gasteiger partial charge in [-0.1, -0.05) is 6.07 Å². The van der Waals surface area contributed by atoms with Crippen molar-refractivity contribution in [2.24, 2.45) is 0 Å². The summed E-state index contributed by atoms with van der Waals surface area (Å²) in [5.41, 5.74) is 0.800. The molecule has 0 fully saturated rings. The number of phenols is 1. The van der Waals surface area contributed by atoms with Crippen LogP contribution in [0, 0.1) is 0 Å². The fourth-order valence-electron chi connectivity index (χ4n) is 1.37. The van der Waals surface area contributed by atoms with E-state index in [9.17, 15) is 9.90 Å². The number of ether oxygens (including phenoxy) is 1. The summed E-state index contributed by atoms with van der Waals surface area (Å²) in [6.07, 6.45) is 0. The van der Waals surface area contributed by atoms with Crippen LogP contribution in [-0.2, 0) is 11.3 Å². The zero-order valence-electron chi connectivity index (χ0n) is 10.1. The lowest BCUT2D eigenvalue weighted by Gasteiger charge is -2.08. The van der Waals surface area contributed by atoms with E-state index in [4.69, 9.17) is 4.74 Å². The van der Waals surface area contributed by atoms with E-state index in [1.54, 1.807) is 25.3 Å². The molecule has 0 saturated carbocycles. The predicted molar refractivity (Wildman–Crippen MR) is 65.0 cm³/mol. The summed E-state index contributed by atoms with van der Waals surface area (Å²) in [6.45, 7) is 3.27. The van der Waals surface area contributed by atoms with Gasteiger partial charge in [0.1, 0.15) is 11.5 Å². The number of phenolic OH excluding ortho intramolecular Hbond substituents is 1. The first-order valence-corrected chi connectivity index (χ1v) is 5.44. The van der Waals surface area contributed by atoms with E-state index in [1.807, 2.05) is 0 Å². The van der Waals surface area contributed by atoms with Crippen LogP contribution in [0.5, 0.6) is 11.5 Å². The number of carbonyl (C=O) groups excluding carboxylic acids is 1. The molecule has 0 aromatic heterocycles. The van der Waals surface area contributed by atoms with Crippen LogP contribution in [0.4, 0.5) is 0 Å². The molecule has 0 aliphatic carbocycles. The van der Waals surface area contributed by atoms with Gasteiger partial charge >= 0.3 is 0 Å². The molecule has 17 heavy (non-hydrogen) atoms. The number of aromatic hydroxyl groups is 1. The maximum absolute atomic E-state index is 10.6. The molecule has 0 heterocycles. The molecule has 5 heteroatoms. The summed E-state index contributed by atoms with van der Waals surface area (Å²) in [5, 5.41) is 15.5. The summed E-state index contributed by atoms with van der Waals surface area (Å²) in [4.78, 5) is 10.6. The Bertz CT molecular complexity index is 380. The highest BCUT2D eigenvalue weighted by Gasteiger charge is 2.02. The molecule has 5 nitrogen and oxygen atoms in total. The Morgan fingerprint density at radius 3 is 2.76 bits per heavy atom. The minimum Gasteiger partial charge on any atom is -0.507 e. The Kier molecular flexibility index (Phi) is 5.29. The van der Waals surface area contributed by atoms with Gasteiger partial charge in [-0.05, 0) is 6.07 Å². The lowest BCUT2D eigenvalue weighted by molar-refractivity contribution is -0.118. The number of methoxy groups -OCH3 is 1. The van der Waals surface area contributed by atoms with Crippen LogP contribution in [0.1, 0.15) is 12.5 Å². The molecule has 0 unspecified atom stereocenters. The van der Waals surface area contributed by atoms with Gasteiger partial charge in [-0.15, -0.1) is 0 Å². The van der Waals surface area contributed by atoms with Crippen LogP contribution < -0.4 is 15.4 Å². The quantitative estimate of drug-likeness (QED) is 0.636. The van der Waals surface area contributed by atoms with Crippen molar-refractivity contribution < 1.29 is 14.6 Å². The van der Waals surface area contributed by atoms with Gasteiger partial charge in [-0.2, -0.15) is 0 Å². The smallest absolute Gasteiger partial charge is 0.216 e. The molecule has 0 aliphatic rings. The third-order valence-electron chi connectivity index (χ3n) is 2.28. The summed E-state index contributed by atoms with van der Waals surface area (Å²) < 4.78 is 4.99. The maximum atomic E-state index is 10.6. The third kappa shape index (κ3) is 4.74. The van der Waals surface area contributed by atoms with Crippen LogP contribution in [0.3, 0.4) is 0 Å². The second-order valence-corrected chi connectivity index (χ2v) is 3.65. The maximum Gasteiger partial charge on any atom is 0.216 e. The Morgan fingerprint density at radius 1 is 1.41 bits per heavy atom. The van der Waals surface area contributed by atoms with Crippen molar-refractivity contribution in [2.45, 2.75) is 13.5 Å². The number of rotatable bonds is 6. The van der Waals surface area contributed by atoms with E-state index in [-0.39, 0.29) is 11.7 Å². The highest BCUT2D eigenvalue weighted by atomic mass is 16.5. The molecule has 0 radical (unpaired) electrons. The summed E-state index contributed by atoms with van der Waals surface area (Å²) in [7, 11) is 1.56. The lowest BCUT2D eigenvalue weighted by atomic mass is 10.2. The van der Waals surface area contributed by atoms with Gasteiger partial charge in [0.15, 0.2) is 0 Å². The molecular weight excluding hydrogens is 220 g/mol. The molecule has 1 amide bonds. The topological polar surface area (TPSA) is 70.6 Å². The van der Waals surface area contributed by atoms with E-state index in [0.717, 1.165) is 5.56 Å². The fraction of sp³-hybridized carbons (Fsp3) is 0.417. The second-order valence-electron chi connectivity index (χ2n) is 3.65. The van der Waals surface area contributed by atoms with Gasteiger partial charge in [0.2, 0.25) is 5.91 Å². The molecule has 1 aromatic rings. The largest absolute Gasteiger partial charge is 0.507 e. The molecule has 0 saturated heterocycles. The molecule has 0 bridgehead atoms. The molecular formula is C12H18N2O3. The van der Waals surface area contributed by atoms with Crippen molar-refractivity contribution in [3.8, 4) is 11.5 Å². The monoisotopic (exact) mass is 238 g/mol. The molecule has 3 N–H and O–H groups in total. The Balaban J connectivity index is 2.34. The minimum absolute atomic E-state index is 0.0425. The van der Waals surface area contributed by atoms with Gasteiger partial charge in [-0.25, -0.2) is 0 Å². The number of nitrogens with one attached hydrogen (secondary N) is 2. The van der Waals surface area contributed by atoms with Crippen molar-refractivity contribution in [1.82, 2.24) is 10.6 Å². The Hall–Kier alpha value is -1.75. The summed E-state index contributed by atoms with van der Waals surface area (Å²) >= 11 is 0. The lowest BCUT2D eigenvalue weighted by Crippen LogP contribution is -2.29. The molecule has 0 aliphatic heterocycles. The van der Waals surface area contributed by atoms with E-state index in [0.29, 0.717) is 25.4 Å². The van der Waals surface area contributed by atoms with Crippen molar-refractivity contribution in [3.63, 3.8) is 0 Å². The van der Waals surface area contributed by atoms with Gasteiger partial charge in [0.05, 0.1) is 7.11 Å². The zero-order chi connectivity index (χ0) is 12.7. The molecule has 1 aromatic carbocycles. The zero-order valence-corrected chi connectivity index (χ0v) is 10.1. The number of amides is 1. The van der Waals surface area contributed by atoms with Crippen LogP contribution in [0.15, 0.2) is 18.2 Å². The molecule has 0 spiro atoms. The summed E-state index contributed by atoms with van der Waals surface area (Å²) in [5.74, 6) is 0.792. The first kappa shape index (κ1) is 13.3. The van der Waals surface area contributed by atoms with Gasteiger partial charge in [0.25, 0.3) is 0 Å². The second kappa shape index (κ2) is 6.75. The fourth-order valence-corrected chi connectivity index (χ4v) is 1.37. The van der Waals surface area contributed by atoms with E-state index >= 15 is 0 Å². The van der Waals surface area contributed by atoms with Crippen LogP contribution in [0.2, 0.25) is 0 Å². The highest BCUT2D eigenvalue weighted by Crippen LogP contribution is 2.22. The van der Waals surface area contributed by atoms with Gasteiger partial charge in [0, 0.05) is 38.2 Å². The molecule has 1 rings (SSSR count). The third-order valence-corrected chi connectivity index (χ3v) is 2.28. The van der Waals surface area contributed by atoms with E-state index in [2.05, 4.69) is 10.6 Å². The average molecular weight is 238 g/mol. The number of hydrogen-bond acceptors (Lipinski definition) is 4. The van der Waals surface area contributed by atoms with Gasteiger partial charge < -0.3 is 20.5 Å². The Morgan fingerprint density at radius 2 is 2.18 bits per heavy atom. The molecule has 94 valence electrons. The summed E-state index contributed by atoms with van der Waals surface area (Å²) in [6, 6.07) is 5.18. The number of benzene rings is 1. The van der Waals surface area contributed by atoms with E-state index in [1.165, 1.54) is 6.92 Å². The first-order chi connectivity index (χ1) is 8.13. The van der Waals surface area contributed by atoms with Crippen molar-refractivity contribution >= 4 is 5.91 Å². The van der Waals surface area contributed by atoms with Crippen LogP contribution in [-0.4, -0.2) is 31.2 Å². The van der Waals surface area contributed by atoms with Crippen LogP contribution in [0.25, 0.3) is 0 Å². The normalized spacial score (nSPS) is 10.0. The SMILES string of the molecule is COc1ccc(CNCCNC(C)=O)c(O)c1. The van der Waals surface area contributed by atoms with E-state index < -0.39 is 0 Å². The highest BCUT2D eigenvalue weighted by molar-refractivity contribution is 5.72. The van der Waals surface area contributed by atoms with Crippen molar-refractivity contribution in [2.75, 3.05) is 20.2 Å². The van der Waals surface area contributed by atoms with Crippen molar-refractivity contribution in [3.05, 3.63) is 23.8 Å². The van der Waals surface area contributed by atoms with Crippen LogP contribution >= 0.6 is 0 Å². The minimum atomic E-state index is -0.0425. The van der Waals surface area contributed by atoms with Crippen molar-refractivity contribution in [1.29, 1.82) is 0 Å². The predicted octanol–water partition coefficient (Wildman–Crippen LogP) is 0.626. The first-order valence-electron chi connectivity index (χ1n) is 5.44. The average Bonchev–Trinajstić information content (AvgIpc) is 2.30. The Labute approximate surface area is 101 Å². The number of carbonyl (C=O) groups is 1. The molecule has 0 atom stereocenters. The van der Waals surface area contributed by atoms with Gasteiger partial charge in [-0.3, -0.25) is 4.79 Å². The standard InChI is InChI=1S/C12H18N2O3/c1-9(15)14-6-5-13-8-10-3-4-11(17-2)7-12(10)16/h3-4,7,13,16H,5-6,8H2,1-2H3,(H,14,15).